The highest BCUT2D eigenvalue weighted by Crippen LogP contribution is 1.99. The molecule has 90 valence electrons. The minimum Gasteiger partial charge on any atom is -0.465 e. The number of esters is 1. The highest BCUT2D eigenvalue weighted by atomic mass is 16.5. The number of ether oxygens (including phenoxy) is 1. The van der Waals surface area contributed by atoms with E-state index >= 15 is 0 Å². The van der Waals surface area contributed by atoms with Crippen LogP contribution in [0.4, 0.5) is 0 Å². The van der Waals surface area contributed by atoms with Crippen molar-refractivity contribution in [2.24, 2.45) is 0 Å². The predicted octanol–water partition coefficient (Wildman–Crippen LogP) is 0.869. The maximum atomic E-state index is 11.5. The highest BCUT2D eigenvalue weighted by molar-refractivity contribution is 5.75. The van der Waals surface area contributed by atoms with E-state index in [9.17, 15) is 4.79 Å². The van der Waals surface area contributed by atoms with Crippen molar-refractivity contribution < 1.29 is 9.53 Å². The van der Waals surface area contributed by atoms with Crippen molar-refractivity contribution in [1.29, 1.82) is 0 Å². The van der Waals surface area contributed by atoms with Gasteiger partial charge in [0.2, 0.25) is 0 Å². The number of rotatable bonds is 8. The molecule has 0 rings (SSSR count). The maximum Gasteiger partial charge on any atom is 0.323 e. The number of carbonyl (C=O) groups is 1. The number of hydrogen-bond acceptors (Lipinski definition) is 4. The number of hydrogen-bond donors (Lipinski definition) is 1. The molecule has 0 fully saturated rings. The fraction of sp³-hybridized carbons (Fsp3) is 0.909. The Balaban J connectivity index is 3.87. The van der Waals surface area contributed by atoms with Crippen LogP contribution in [-0.2, 0) is 9.53 Å². The van der Waals surface area contributed by atoms with Crippen LogP contribution in [-0.4, -0.2) is 50.7 Å². The first-order valence-electron chi connectivity index (χ1n) is 5.66. The van der Waals surface area contributed by atoms with Crippen LogP contribution >= 0.6 is 0 Å². The minimum atomic E-state index is -0.144. The van der Waals surface area contributed by atoms with Gasteiger partial charge in [0, 0.05) is 13.1 Å². The molecule has 0 aliphatic carbocycles. The van der Waals surface area contributed by atoms with Crippen molar-refractivity contribution in [3.05, 3.63) is 0 Å². The summed E-state index contributed by atoms with van der Waals surface area (Å²) >= 11 is 0. The fourth-order valence-corrected chi connectivity index (χ4v) is 1.30. The van der Waals surface area contributed by atoms with Crippen LogP contribution in [0.3, 0.4) is 0 Å². The van der Waals surface area contributed by atoms with Gasteiger partial charge in [0.15, 0.2) is 0 Å². The molecule has 0 aromatic heterocycles. The summed E-state index contributed by atoms with van der Waals surface area (Å²) in [5.74, 6) is -0.127. The summed E-state index contributed by atoms with van der Waals surface area (Å²) in [6.07, 6.45) is 1.82. The standard InChI is InChI=1S/C11H24N2O2/c1-5-7-10(11(14)15-6-2)12-8-9-13(3)4/h10,12H,5-9H2,1-4H3. The molecule has 4 nitrogen and oxygen atoms in total. The van der Waals surface area contributed by atoms with E-state index in [1.165, 1.54) is 0 Å². The minimum absolute atomic E-state index is 0.127. The lowest BCUT2D eigenvalue weighted by molar-refractivity contribution is -0.145. The first-order valence-corrected chi connectivity index (χ1v) is 5.66. The summed E-state index contributed by atoms with van der Waals surface area (Å²) < 4.78 is 5.00. The second kappa shape index (κ2) is 8.68. The van der Waals surface area contributed by atoms with E-state index in [1.807, 2.05) is 21.0 Å². The molecule has 15 heavy (non-hydrogen) atoms. The van der Waals surface area contributed by atoms with Crippen molar-refractivity contribution >= 4 is 5.97 Å². The number of nitrogens with zero attached hydrogens (tertiary/aromatic N) is 1. The van der Waals surface area contributed by atoms with Crippen molar-refractivity contribution in [2.45, 2.75) is 32.7 Å². The molecule has 0 aliphatic heterocycles. The third-order valence-corrected chi connectivity index (χ3v) is 2.10. The van der Waals surface area contributed by atoms with E-state index in [1.54, 1.807) is 0 Å². The van der Waals surface area contributed by atoms with Crippen LogP contribution < -0.4 is 5.32 Å². The summed E-state index contributed by atoms with van der Waals surface area (Å²) in [5, 5.41) is 3.22. The van der Waals surface area contributed by atoms with E-state index in [-0.39, 0.29) is 12.0 Å². The number of likely N-dealkylation sites (N-methyl/N-ethyl adjacent to an activating group) is 1. The molecule has 0 heterocycles. The maximum absolute atomic E-state index is 11.5. The van der Waals surface area contributed by atoms with Crippen LogP contribution in [0.25, 0.3) is 0 Å². The molecule has 4 heteroatoms. The van der Waals surface area contributed by atoms with Crippen LogP contribution in [0.2, 0.25) is 0 Å². The molecular formula is C11H24N2O2. The molecule has 1 N–H and O–H groups in total. The van der Waals surface area contributed by atoms with Crippen LogP contribution in [0, 0.1) is 0 Å². The third kappa shape index (κ3) is 7.33. The van der Waals surface area contributed by atoms with Gasteiger partial charge >= 0.3 is 5.97 Å². The zero-order chi connectivity index (χ0) is 11.7. The summed E-state index contributed by atoms with van der Waals surface area (Å²) in [5.41, 5.74) is 0. The molecular weight excluding hydrogens is 192 g/mol. The fourth-order valence-electron chi connectivity index (χ4n) is 1.30. The van der Waals surface area contributed by atoms with Gasteiger partial charge in [-0.05, 0) is 27.4 Å². The summed E-state index contributed by atoms with van der Waals surface area (Å²) in [6, 6.07) is -0.144. The molecule has 0 saturated carbocycles. The van der Waals surface area contributed by atoms with Gasteiger partial charge in [0.25, 0.3) is 0 Å². The summed E-state index contributed by atoms with van der Waals surface area (Å²) in [4.78, 5) is 13.6. The lowest BCUT2D eigenvalue weighted by Crippen LogP contribution is -2.41. The van der Waals surface area contributed by atoms with Gasteiger partial charge in [-0.25, -0.2) is 0 Å². The summed E-state index contributed by atoms with van der Waals surface area (Å²) in [7, 11) is 4.03. The molecule has 0 spiro atoms. The molecule has 0 aliphatic rings. The Bertz CT molecular complexity index is 172. The lowest BCUT2D eigenvalue weighted by atomic mass is 10.1. The third-order valence-electron chi connectivity index (χ3n) is 2.10. The molecule has 1 atom stereocenters. The number of nitrogens with one attached hydrogen (secondary N) is 1. The molecule has 1 unspecified atom stereocenters. The topological polar surface area (TPSA) is 41.6 Å². The second-order valence-electron chi connectivity index (χ2n) is 3.85. The Kier molecular flexibility index (Phi) is 8.33. The van der Waals surface area contributed by atoms with Crippen molar-refractivity contribution in [3.63, 3.8) is 0 Å². The second-order valence-corrected chi connectivity index (χ2v) is 3.85. The van der Waals surface area contributed by atoms with Crippen LogP contribution in [0.15, 0.2) is 0 Å². The summed E-state index contributed by atoms with van der Waals surface area (Å²) in [6.45, 7) is 6.10. The quantitative estimate of drug-likeness (QED) is 0.611. The first kappa shape index (κ1) is 14.4. The van der Waals surface area contributed by atoms with E-state index in [0.717, 1.165) is 25.9 Å². The zero-order valence-corrected chi connectivity index (χ0v) is 10.4. The number of carbonyl (C=O) groups excluding carboxylic acids is 1. The van der Waals surface area contributed by atoms with E-state index < -0.39 is 0 Å². The molecule has 0 amide bonds. The van der Waals surface area contributed by atoms with E-state index in [4.69, 9.17) is 4.74 Å². The van der Waals surface area contributed by atoms with Crippen molar-refractivity contribution in [2.75, 3.05) is 33.8 Å². The molecule has 0 bridgehead atoms. The molecule has 0 aromatic carbocycles. The Labute approximate surface area is 93.0 Å². The Morgan fingerprint density at radius 2 is 2.07 bits per heavy atom. The first-order chi connectivity index (χ1) is 7.11. The average molecular weight is 216 g/mol. The highest BCUT2D eigenvalue weighted by Gasteiger charge is 2.17. The molecule has 0 radical (unpaired) electrons. The SMILES string of the molecule is CCCC(NCCN(C)C)C(=O)OCC. The Hall–Kier alpha value is -0.610. The van der Waals surface area contributed by atoms with Crippen LogP contribution in [0.1, 0.15) is 26.7 Å². The smallest absolute Gasteiger partial charge is 0.323 e. The van der Waals surface area contributed by atoms with Gasteiger partial charge < -0.3 is 15.0 Å². The van der Waals surface area contributed by atoms with E-state index in [2.05, 4.69) is 17.1 Å². The van der Waals surface area contributed by atoms with Gasteiger partial charge in [-0.1, -0.05) is 13.3 Å². The predicted molar refractivity (Wildman–Crippen MR) is 61.9 cm³/mol. The van der Waals surface area contributed by atoms with Crippen molar-refractivity contribution in [1.82, 2.24) is 10.2 Å². The van der Waals surface area contributed by atoms with Gasteiger partial charge in [0.1, 0.15) is 6.04 Å². The largest absolute Gasteiger partial charge is 0.465 e. The lowest BCUT2D eigenvalue weighted by Gasteiger charge is -2.18. The normalized spacial score (nSPS) is 12.9. The van der Waals surface area contributed by atoms with E-state index in [0.29, 0.717) is 6.61 Å². The van der Waals surface area contributed by atoms with Crippen molar-refractivity contribution in [3.8, 4) is 0 Å². The average Bonchev–Trinajstić information content (AvgIpc) is 2.16. The van der Waals surface area contributed by atoms with Crippen LogP contribution in [0.5, 0.6) is 0 Å². The Morgan fingerprint density at radius 3 is 2.53 bits per heavy atom. The van der Waals surface area contributed by atoms with Gasteiger partial charge in [-0.15, -0.1) is 0 Å². The molecule has 0 saturated heterocycles. The molecule has 0 aromatic rings. The van der Waals surface area contributed by atoms with Gasteiger partial charge in [-0.2, -0.15) is 0 Å². The monoisotopic (exact) mass is 216 g/mol. The van der Waals surface area contributed by atoms with Gasteiger partial charge in [0.05, 0.1) is 6.61 Å². The zero-order valence-electron chi connectivity index (χ0n) is 10.4. The van der Waals surface area contributed by atoms with Gasteiger partial charge in [-0.3, -0.25) is 4.79 Å². The Morgan fingerprint density at radius 1 is 1.40 bits per heavy atom.